The van der Waals surface area contributed by atoms with Gasteiger partial charge in [-0.05, 0) is 50.5 Å². The number of carbonyl (C=O) groups is 3. The summed E-state index contributed by atoms with van der Waals surface area (Å²) in [5.74, 6) is -1.05. The molecule has 1 saturated carbocycles. The van der Waals surface area contributed by atoms with Crippen molar-refractivity contribution in [3.05, 3.63) is 17.0 Å². The molecule has 30 heavy (non-hydrogen) atoms. The second-order valence-electron chi connectivity index (χ2n) is 10.2. The van der Waals surface area contributed by atoms with E-state index in [0.717, 1.165) is 17.0 Å². The summed E-state index contributed by atoms with van der Waals surface area (Å²) in [6.45, 7) is 16.7. The Labute approximate surface area is 179 Å². The van der Waals surface area contributed by atoms with E-state index < -0.39 is 11.5 Å². The van der Waals surface area contributed by atoms with Gasteiger partial charge in [0.2, 0.25) is 17.7 Å². The highest BCUT2D eigenvalue weighted by atomic mass is 16.2. The lowest BCUT2D eigenvalue weighted by molar-refractivity contribution is -0.174. The molecule has 0 radical (unpaired) electrons. The van der Waals surface area contributed by atoms with Crippen molar-refractivity contribution in [3.63, 3.8) is 0 Å². The van der Waals surface area contributed by atoms with Crippen molar-refractivity contribution >= 4 is 17.7 Å². The first-order chi connectivity index (χ1) is 13.8. The highest BCUT2D eigenvalue weighted by Gasteiger charge is 2.65. The molecule has 3 amide bonds. The molecule has 2 fully saturated rings. The fourth-order valence-corrected chi connectivity index (χ4v) is 5.22. The van der Waals surface area contributed by atoms with Gasteiger partial charge in [0.15, 0.2) is 0 Å². The van der Waals surface area contributed by atoms with Gasteiger partial charge in [0.05, 0.1) is 17.7 Å². The van der Waals surface area contributed by atoms with Crippen LogP contribution in [0.2, 0.25) is 0 Å². The van der Waals surface area contributed by atoms with Crippen LogP contribution in [0.25, 0.3) is 0 Å². The van der Waals surface area contributed by atoms with Crippen LogP contribution in [0, 0.1) is 43.4 Å². The van der Waals surface area contributed by atoms with Crippen LogP contribution in [-0.4, -0.2) is 45.0 Å². The van der Waals surface area contributed by atoms with Crippen LogP contribution >= 0.6 is 0 Å². The molecule has 2 bridgehead atoms. The zero-order valence-electron chi connectivity index (χ0n) is 19.6. The van der Waals surface area contributed by atoms with Crippen molar-refractivity contribution in [2.45, 2.75) is 80.8 Å². The summed E-state index contributed by atoms with van der Waals surface area (Å²) in [7, 11) is 0. The van der Waals surface area contributed by atoms with Crippen molar-refractivity contribution in [2.75, 3.05) is 6.54 Å². The number of likely N-dealkylation sites (tertiary alicyclic amines) is 1. The molecule has 3 unspecified atom stereocenters. The Bertz CT molecular complexity index is 885. The molecule has 1 aliphatic carbocycles. The number of piperidine rings is 1. The summed E-state index contributed by atoms with van der Waals surface area (Å²) in [6, 6.07) is -0.789. The predicted molar refractivity (Wildman–Crippen MR) is 115 cm³/mol. The van der Waals surface area contributed by atoms with Crippen LogP contribution in [-0.2, 0) is 20.9 Å². The molecular formula is C23H36N4O3. The van der Waals surface area contributed by atoms with E-state index in [1.165, 1.54) is 4.90 Å². The lowest BCUT2D eigenvalue weighted by Gasteiger charge is -2.49. The topological polar surface area (TPSA) is 84.3 Å². The summed E-state index contributed by atoms with van der Waals surface area (Å²) >= 11 is 0. The summed E-state index contributed by atoms with van der Waals surface area (Å²) in [6.07, 6.45) is 1.39. The second-order valence-corrected chi connectivity index (χ2v) is 10.2. The Morgan fingerprint density at radius 1 is 1.20 bits per heavy atom. The Kier molecular flexibility index (Phi) is 5.63. The molecule has 1 aromatic rings. The minimum Gasteiger partial charge on any atom is -0.352 e. The fourth-order valence-electron chi connectivity index (χ4n) is 5.22. The SMILES string of the molecule is Cc1nn(CCNC(=O)C(C(C)C)N2C(=O)C3CCC(C)(C2=O)C3(C)C)c(C)c1C. The molecule has 1 saturated heterocycles. The van der Waals surface area contributed by atoms with Crippen molar-refractivity contribution in [1.82, 2.24) is 20.0 Å². The van der Waals surface area contributed by atoms with E-state index in [9.17, 15) is 14.4 Å². The molecule has 0 aromatic carbocycles. The monoisotopic (exact) mass is 416 g/mol. The maximum Gasteiger partial charge on any atom is 0.243 e. The highest BCUT2D eigenvalue weighted by molar-refractivity contribution is 6.07. The summed E-state index contributed by atoms with van der Waals surface area (Å²) < 4.78 is 1.89. The molecule has 0 spiro atoms. The van der Waals surface area contributed by atoms with E-state index in [4.69, 9.17) is 0 Å². The number of imide groups is 1. The zero-order chi connectivity index (χ0) is 22.6. The molecule has 1 N–H and O–H groups in total. The number of nitrogens with zero attached hydrogens (tertiary/aromatic N) is 3. The lowest BCUT2D eigenvalue weighted by atomic mass is 9.62. The van der Waals surface area contributed by atoms with Crippen LogP contribution in [0.3, 0.4) is 0 Å². The van der Waals surface area contributed by atoms with Gasteiger partial charge in [-0.2, -0.15) is 5.10 Å². The molecular weight excluding hydrogens is 380 g/mol. The average molecular weight is 417 g/mol. The van der Waals surface area contributed by atoms with Crippen molar-refractivity contribution in [2.24, 2.45) is 22.7 Å². The highest BCUT2D eigenvalue weighted by Crippen LogP contribution is 2.60. The Hall–Kier alpha value is -2.18. The van der Waals surface area contributed by atoms with Crippen LogP contribution in [0.15, 0.2) is 0 Å². The summed E-state index contributed by atoms with van der Waals surface area (Å²) in [4.78, 5) is 41.2. The van der Waals surface area contributed by atoms with Gasteiger partial charge in [-0.25, -0.2) is 0 Å². The lowest BCUT2D eigenvalue weighted by Crippen LogP contribution is -2.65. The normalized spacial score (nSPS) is 26.4. The molecule has 166 valence electrons. The third kappa shape index (κ3) is 3.17. The second kappa shape index (κ2) is 7.50. The van der Waals surface area contributed by atoms with Crippen LogP contribution < -0.4 is 5.32 Å². The maximum atomic E-state index is 13.5. The first-order valence-electron chi connectivity index (χ1n) is 11.0. The third-order valence-electron chi connectivity index (χ3n) is 8.00. The number of aromatic nitrogens is 2. The van der Waals surface area contributed by atoms with E-state index in [-0.39, 0.29) is 35.0 Å². The standard InChI is InChI=1S/C23H36N4O3/c1-13(2)18(19(28)24-11-12-26-16(5)14(3)15(4)25-26)27-20(29)17-9-10-23(8,21(27)30)22(17,6)7/h13,17-18H,9-12H2,1-8H3,(H,24,28). The number of fused-ring (bicyclic) bond motifs is 2. The largest absolute Gasteiger partial charge is 0.352 e. The minimum absolute atomic E-state index is 0.168. The smallest absolute Gasteiger partial charge is 0.243 e. The Morgan fingerprint density at radius 2 is 1.83 bits per heavy atom. The number of nitrogens with one attached hydrogen (secondary N) is 1. The molecule has 3 rings (SSSR count). The number of amides is 3. The van der Waals surface area contributed by atoms with E-state index >= 15 is 0 Å². The van der Waals surface area contributed by atoms with E-state index in [1.807, 2.05) is 60.1 Å². The Morgan fingerprint density at radius 3 is 2.37 bits per heavy atom. The van der Waals surface area contributed by atoms with Gasteiger partial charge in [0.1, 0.15) is 6.04 Å². The number of rotatable bonds is 6. The first kappa shape index (κ1) is 22.5. The third-order valence-corrected chi connectivity index (χ3v) is 8.00. The predicted octanol–water partition coefficient (Wildman–Crippen LogP) is 2.76. The molecule has 7 heteroatoms. The van der Waals surface area contributed by atoms with E-state index in [1.54, 1.807) is 0 Å². The van der Waals surface area contributed by atoms with Gasteiger partial charge in [-0.1, -0.05) is 34.6 Å². The van der Waals surface area contributed by atoms with Gasteiger partial charge in [0, 0.05) is 18.2 Å². The van der Waals surface area contributed by atoms with Gasteiger partial charge in [0.25, 0.3) is 0 Å². The maximum absolute atomic E-state index is 13.5. The summed E-state index contributed by atoms with van der Waals surface area (Å²) in [5, 5.41) is 7.44. The van der Waals surface area contributed by atoms with Gasteiger partial charge in [-0.15, -0.1) is 0 Å². The minimum atomic E-state index is -0.789. The molecule has 3 atom stereocenters. The van der Waals surface area contributed by atoms with Crippen molar-refractivity contribution in [1.29, 1.82) is 0 Å². The van der Waals surface area contributed by atoms with Gasteiger partial charge < -0.3 is 5.32 Å². The van der Waals surface area contributed by atoms with E-state index in [0.29, 0.717) is 25.9 Å². The number of aryl methyl sites for hydroxylation is 1. The molecule has 7 nitrogen and oxygen atoms in total. The Balaban J connectivity index is 1.77. The van der Waals surface area contributed by atoms with Gasteiger partial charge in [-0.3, -0.25) is 24.0 Å². The van der Waals surface area contributed by atoms with Crippen LogP contribution in [0.5, 0.6) is 0 Å². The average Bonchev–Trinajstić information content (AvgIpc) is 3.01. The zero-order valence-corrected chi connectivity index (χ0v) is 19.6. The van der Waals surface area contributed by atoms with Crippen molar-refractivity contribution in [3.8, 4) is 0 Å². The quantitative estimate of drug-likeness (QED) is 0.723. The van der Waals surface area contributed by atoms with Crippen molar-refractivity contribution < 1.29 is 14.4 Å². The first-order valence-corrected chi connectivity index (χ1v) is 11.0. The van der Waals surface area contributed by atoms with E-state index in [2.05, 4.69) is 10.4 Å². The number of hydrogen-bond acceptors (Lipinski definition) is 4. The van der Waals surface area contributed by atoms with Crippen LogP contribution in [0.1, 0.15) is 64.4 Å². The fraction of sp³-hybridized carbons (Fsp3) is 0.739. The summed E-state index contributed by atoms with van der Waals surface area (Å²) in [5.41, 5.74) is 2.21. The molecule has 1 aliphatic heterocycles. The molecule has 1 aromatic heterocycles. The molecule has 2 heterocycles. The van der Waals surface area contributed by atoms with Gasteiger partial charge >= 0.3 is 0 Å². The molecule has 2 aliphatic rings. The number of hydrogen-bond donors (Lipinski definition) is 1. The number of carbonyl (C=O) groups excluding carboxylic acids is 3. The van der Waals surface area contributed by atoms with Crippen LogP contribution in [0.4, 0.5) is 0 Å².